The largest absolute Gasteiger partial charge is 0.394 e. The Balaban J connectivity index is 2.86. The number of hydrogen-bond donors (Lipinski definition) is 6. The molecular formula is C10H20N2O6. The van der Waals surface area contributed by atoms with Gasteiger partial charge in [0.05, 0.1) is 6.61 Å². The molecular weight excluding hydrogens is 244 g/mol. The van der Waals surface area contributed by atoms with Gasteiger partial charge in [-0.15, -0.1) is 0 Å². The van der Waals surface area contributed by atoms with Crippen LogP contribution >= 0.6 is 0 Å². The van der Waals surface area contributed by atoms with Crippen molar-refractivity contribution in [2.45, 2.75) is 44.1 Å². The van der Waals surface area contributed by atoms with Gasteiger partial charge >= 0.3 is 0 Å². The normalized spacial score (nSPS) is 40.9. The van der Waals surface area contributed by atoms with Crippen LogP contribution in [0.1, 0.15) is 13.8 Å². The van der Waals surface area contributed by atoms with Crippen LogP contribution in [-0.2, 0) is 9.53 Å². The molecule has 1 fully saturated rings. The predicted molar refractivity (Wildman–Crippen MR) is 59.9 cm³/mol. The Labute approximate surface area is 104 Å². The van der Waals surface area contributed by atoms with Crippen molar-refractivity contribution in [1.82, 2.24) is 5.32 Å². The average molecular weight is 264 g/mol. The number of hydrogen-bond acceptors (Lipinski definition) is 7. The number of nitrogens with one attached hydrogen (secondary N) is 1. The highest BCUT2D eigenvalue weighted by atomic mass is 16.7. The monoisotopic (exact) mass is 264 g/mol. The first kappa shape index (κ1) is 15.3. The van der Waals surface area contributed by atoms with Crippen LogP contribution in [0.5, 0.6) is 0 Å². The Hall–Kier alpha value is -0.770. The number of ether oxygens (including phenoxy) is 1. The summed E-state index contributed by atoms with van der Waals surface area (Å²) >= 11 is 0. The van der Waals surface area contributed by atoms with Gasteiger partial charge in [0, 0.05) is 5.92 Å². The average Bonchev–Trinajstić information content (AvgIpc) is 2.29. The van der Waals surface area contributed by atoms with E-state index in [0.29, 0.717) is 0 Å². The van der Waals surface area contributed by atoms with Crippen molar-refractivity contribution >= 4 is 5.91 Å². The van der Waals surface area contributed by atoms with Gasteiger partial charge in [-0.05, 0) is 0 Å². The van der Waals surface area contributed by atoms with Crippen LogP contribution in [0, 0.1) is 5.92 Å². The summed E-state index contributed by atoms with van der Waals surface area (Å²) in [6, 6.07) is -1.38. The van der Waals surface area contributed by atoms with Gasteiger partial charge in [0.2, 0.25) is 11.8 Å². The van der Waals surface area contributed by atoms with E-state index in [4.69, 9.17) is 15.6 Å². The smallest absolute Gasteiger partial charge is 0.246 e. The van der Waals surface area contributed by atoms with Crippen molar-refractivity contribution in [1.29, 1.82) is 0 Å². The summed E-state index contributed by atoms with van der Waals surface area (Å²) in [4.78, 5) is 11.5. The molecule has 8 nitrogen and oxygen atoms in total. The lowest BCUT2D eigenvalue weighted by molar-refractivity contribution is -0.316. The van der Waals surface area contributed by atoms with Gasteiger partial charge < -0.3 is 30.5 Å². The van der Waals surface area contributed by atoms with E-state index in [-0.39, 0.29) is 5.92 Å². The maximum absolute atomic E-state index is 11.5. The summed E-state index contributed by atoms with van der Waals surface area (Å²) in [6.45, 7) is 2.62. The molecule has 1 amide bonds. The summed E-state index contributed by atoms with van der Waals surface area (Å²) in [6.07, 6.45) is -4.23. The van der Waals surface area contributed by atoms with Crippen LogP contribution in [0.15, 0.2) is 0 Å². The first-order valence-electron chi connectivity index (χ1n) is 5.67. The molecule has 0 bridgehead atoms. The third-order valence-corrected chi connectivity index (χ3v) is 2.86. The zero-order chi connectivity index (χ0) is 14.1. The van der Waals surface area contributed by atoms with Gasteiger partial charge in [-0.3, -0.25) is 10.5 Å². The second-order valence-corrected chi connectivity index (χ2v) is 4.71. The first-order chi connectivity index (χ1) is 8.20. The highest BCUT2D eigenvalue weighted by Crippen LogP contribution is 2.24. The lowest BCUT2D eigenvalue weighted by atomic mass is 9.94. The van der Waals surface area contributed by atoms with Gasteiger partial charge in [0.15, 0.2) is 0 Å². The van der Waals surface area contributed by atoms with Crippen LogP contribution in [0.3, 0.4) is 0 Å². The Bertz CT molecular complexity index is 309. The molecule has 1 unspecified atom stereocenters. The van der Waals surface area contributed by atoms with Crippen molar-refractivity contribution in [3.63, 3.8) is 0 Å². The lowest BCUT2D eigenvalue weighted by Crippen LogP contribution is -2.73. The summed E-state index contributed by atoms with van der Waals surface area (Å²) in [5.74, 6) is -3.21. The van der Waals surface area contributed by atoms with Crippen molar-refractivity contribution < 1.29 is 30.0 Å². The number of aliphatic hydroxyl groups excluding tert-OH is 3. The van der Waals surface area contributed by atoms with E-state index in [1.165, 1.54) is 0 Å². The molecule has 1 heterocycles. The Morgan fingerprint density at radius 2 is 2.00 bits per heavy atom. The minimum absolute atomic E-state index is 0.388. The molecule has 0 saturated carbocycles. The second-order valence-electron chi connectivity index (χ2n) is 4.71. The zero-order valence-electron chi connectivity index (χ0n) is 10.3. The van der Waals surface area contributed by atoms with Crippen molar-refractivity contribution in [2.75, 3.05) is 6.61 Å². The molecule has 0 aliphatic carbocycles. The topological polar surface area (TPSA) is 145 Å². The third-order valence-electron chi connectivity index (χ3n) is 2.86. The maximum atomic E-state index is 11.5. The van der Waals surface area contributed by atoms with Gasteiger partial charge in [-0.1, -0.05) is 13.8 Å². The number of carbonyl (C=O) groups excluding carboxylic acids is 1. The van der Waals surface area contributed by atoms with E-state index in [0.717, 1.165) is 0 Å². The fourth-order valence-electron chi connectivity index (χ4n) is 1.70. The van der Waals surface area contributed by atoms with Gasteiger partial charge in [0.25, 0.3) is 0 Å². The van der Waals surface area contributed by atoms with Gasteiger partial charge in [0.1, 0.15) is 24.4 Å². The quantitative estimate of drug-likeness (QED) is 0.295. The Morgan fingerprint density at radius 1 is 1.44 bits per heavy atom. The molecule has 1 saturated heterocycles. The maximum Gasteiger partial charge on any atom is 0.246 e. The Kier molecular flexibility index (Phi) is 4.65. The highest BCUT2D eigenvalue weighted by Gasteiger charge is 2.52. The Morgan fingerprint density at radius 3 is 2.44 bits per heavy atom. The molecule has 106 valence electrons. The molecule has 7 N–H and O–H groups in total. The summed E-state index contributed by atoms with van der Waals surface area (Å²) in [5, 5.41) is 40.5. The van der Waals surface area contributed by atoms with E-state index in [2.05, 4.69) is 5.32 Å². The SMILES string of the molecule is CC(C)C(=O)N[C@@H]1[C@@H](O)[C@@H](O)[C@@H](CO)OC1(N)O. The van der Waals surface area contributed by atoms with Crippen molar-refractivity contribution in [3.05, 3.63) is 0 Å². The molecule has 5 atom stereocenters. The number of amides is 1. The van der Waals surface area contributed by atoms with E-state index >= 15 is 0 Å². The van der Waals surface area contributed by atoms with E-state index in [1.54, 1.807) is 13.8 Å². The molecule has 1 rings (SSSR count). The van der Waals surface area contributed by atoms with Crippen molar-refractivity contribution in [3.8, 4) is 0 Å². The van der Waals surface area contributed by atoms with Crippen LogP contribution in [0.2, 0.25) is 0 Å². The van der Waals surface area contributed by atoms with Crippen LogP contribution in [-0.4, -0.2) is 63.2 Å². The highest BCUT2D eigenvalue weighted by molar-refractivity contribution is 5.78. The predicted octanol–water partition coefficient (Wildman–Crippen LogP) is -3.16. The fourth-order valence-corrected chi connectivity index (χ4v) is 1.70. The summed E-state index contributed by atoms with van der Waals surface area (Å²) in [7, 11) is 0. The zero-order valence-corrected chi connectivity index (χ0v) is 10.3. The molecule has 0 spiro atoms. The van der Waals surface area contributed by atoms with E-state index < -0.39 is 42.8 Å². The van der Waals surface area contributed by atoms with Gasteiger partial charge in [-0.25, -0.2) is 0 Å². The molecule has 8 heteroatoms. The van der Waals surface area contributed by atoms with Crippen LogP contribution in [0.4, 0.5) is 0 Å². The molecule has 0 aromatic heterocycles. The number of aliphatic hydroxyl groups is 4. The summed E-state index contributed by atoms with van der Waals surface area (Å²) < 4.78 is 4.86. The molecule has 18 heavy (non-hydrogen) atoms. The van der Waals surface area contributed by atoms with Crippen LogP contribution in [0.25, 0.3) is 0 Å². The van der Waals surface area contributed by atoms with E-state index in [1.807, 2.05) is 0 Å². The van der Waals surface area contributed by atoms with Gasteiger partial charge in [-0.2, -0.15) is 0 Å². The molecule has 1 aliphatic heterocycles. The summed E-state index contributed by atoms with van der Waals surface area (Å²) in [5.41, 5.74) is 5.43. The standard InChI is InChI=1S/C10H20N2O6/c1-4(2)9(16)12-8-7(15)6(14)5(3-13)18-10(8,11)17/h4-8,13-15,17H,3,11H2,1-2H3,(H,12,16)/t5-,6+,7+,8-,10?/m1/s1. The van der Waals surface area contributed by atoms with Crippen molar-refractivity contribution in [2.24, 2.45) is 11.7 Å². The molecule has 0 radical (unpaired) electrons. The minimum atomic E-state index is -2.36. The van der Waals surface area contributed by atoms with Crippen LogP contribution < -0.4 is 11.1 Å². The number of carbonyl (C=O) groups is 1. The lowest BCUT2D eigenvalue weighted by Gasteiger charge is -2.45. The molecule has 0 aromatic carbocycles. The number of rotatable bonds is 3. The molecule has 0 aromatic rings. The second kappa shape index (κ2) is 5.47. The third kappa shape index (κ3) is 2.97. The minimum Gasteiger partial charge on any atom is -0.394 e. The molecule has 1 aliphatic rings. The van der Waals surface area contributed by atoms with E-state index in [9.17, 15) is 20.1 Å². The first-order valence-corrected chi connectivity index (χ1v) is 5.67. The number of nitrogens with two attached hydrogens (primary N) is 1. The fraction of sp³-hybridized carbons (Fsp3) is 0.900.